The van der Waals surface area contributed by atoms with Crippen molar-refractivity contribution in [1.29, 1.82) is 5.41 Å². The molecule has 9 heteroatoms. The van der Waals surface area contributed by atoms with Crippen LogP contribution in [0.15, 0.2) is 12.1 Å². The lowest BCUT2D eigenvalue weighted by Crippen LogP contribution is -2.14. The number of rotatable bonds is 5. The fourth-order valence-electron chi connectivity index (χ4n) is 2.03. The lowest BCUT2D eigenvalue weighted by Gasteiger charge is -2.13. The Morgan fingerprint density at radius 1 is 1.39 bits per heavy atom. The zero-order valence-corrected chi connectivity index (χ0v) is 15.5. The Kier molecular flexibility index (Phi) is 5.59. The Bertz CT molecular complexity index is 799. The molecule has 0 amide bonds. The summed E-state index contributed by atoms with van der Waals surface area (Å²) in [6, 6.07) is 2.51. The molecule has 23 heavy (non-hydrogen) atoms. The number of aryl methyl sites for hydroxylation is 2. The van der Waals surface area contributed by atoms with Gasteiger partial charge < -0.3 is 16.2 Å². The van der Waals surface area contributed by atoms with E-state index in [4.69, 9.17) is 11.1 Å². The highest BCUT2D eigenvalue weighted by molar-refractivity contribution is 14.2. The first-order chi connectivity index (χ1) is 10.9. The minimum absolute atomic E-state index is 0.00526. The molecule has 1 heterocycles. The number of benzene rings is 1. The Labute approximate surface area is 147 Å². The first kappa shape index (κ1) is 17.7. The number of anilines is 2. The summed E-state index contributed by atoms with van der Waals surface area (Å²) in [7, 11) is 0. The van der Waals surface area contributed by atoms with Gasteiger partial charge >= 0.3 is 0 Å². The van der Waals surface area contributed by atoms with E-state index < -0.39 is 11.6 Å². The second kappa shape index (κ2) is 7.27. The van der Waals surface area contributed by atoms with Crippen LogP contribution in [0.5, 0.6) is 0 Å². The van der Waals surface area contributed by atoms with Crippen molar-refractivity contribution >= 4 is 51.9 Å². The molecular formula is C14H14FIN5OP. The first-order valence-electron chi connectivity index (χ1n) is 6.50. The SMILES string of the molecule is Cc1nc(N)c(C(=O)c2ccc(F)c(NPI)c2C=N)nc1C. The van der Waals surface area contributed by atoms with E-state index >= 15 is 0 Å². The third-order valence-corrected chi connectivity index (χ3v) is 4.46. The van der Waals surface area contributed by atoms with Crippen LogP contribution in [0.4, 0.5) is 15.9 Å². The van der Waals surface area contributed by atoms with Crippen molar-refractivity contribution in [3.63, 3.8) is 0 Å². The number of ketones is 1. The van der Waals surface area contributed by atoms with Crippen LogP contribution in [0, 0.1) is 25.1 Å². The molecule has 0 saturated heterocycles. The Hall–Kier alpha value is -1.67. The van der Waals surface area contributed by atoms with E-state index in [0.717, 1.165) is 6.21 Å². The number of carbonyl (C=O) groups is 1. The average Bonchev–Trinajstić information content (AvgIpc) is 2.52. The van der Waals surface area contributed by atoms with Crippen LogP contribution in [-0.4, -0.2) is 22.0 Å². The van der Waals surface area contributed by atoms with E-state index in [-0.39, 0.29) is 34.7 Å². The molecule has 0 bridgehead atoms. The number of nitrogens with two attached hydrogens (primary N) is 1. The first-order valence-corrected chi connectivity index (χ1v) is 10.6. The number of nitrogen functional groups attached to an aromatic ring is 1. The minimum Gasteiger partial charge on any atom is -0.382 e. The molecule has 120 valence electrons. The van der Waals surface area contributed by atoms with Crippen LogP contribution < -0.4 is 10.8 Å². The van der Waals surface area contributed by atoms with E-state index in [0.29, 0.717) is 11.4 Å². The number of halogens is 2. The van der Waals surface area contributed by atoms with Crippen molar-refractivity contribution in [3.8, 4) is 0 Å². The van der Waals surface area contributed by atoms with E-state index in [1.54, 1.807) is 13.8 Å². The minimum atomic E-state index is -0.525. The number of hydrogen-bond acceptors (Lipinski definition) is 6. The summed E-state index contributed by atoms with van der Waals surface area (Å²) >= 11 is 2.04. The number of carbonyl (C=O) groups excluding carboxylic acids is 1. The van der Waals surface area contributed by atoms with Gasteiger partial charge in [-0.2, -0.15) is 0 Å². The highest BCUT2D eigenvalue weighted by atomic mass is 127. The summed E-state index contributed by atoms with van der Waals surface area (Å²) in [6.45, 7) is 3.47. The molecule has 0 aliphatic rings. The number of hydrogen-bond donors (Lipinski definition) is 3. The van der Waals surface area contributed by atoms with Crippen molar-refractivity contribution in [1.82, 2.24) is 9.97 Å². The molecule has 0 spiro atoms. The van der Waals surface area contributed by atoms with Crippen LogP contribution in [0.2, 0.25) is 0 Å². The Morgan fingerprint density at radius 2 is 2.04 bits per heavy atom. The fraction of sp³-hybridized carbons (Fsp3) is 0.143. The molecule has 2 rings (SSSR count). The average molecular weight is 445 g/mol. The van der Waals surface area contributed by atoms with Gasteiger partial charge in [0, 0.05) is 23.7 Å². The maximum absolute atomic E-state index is 13.9. The fourth-order valence-corrected chi connectivity index (χ4v) is 3.19. The van der Waals surface area contributed by atoms with Gasteiger partial charge in [0.1, 0.15) is 5.82 Å². The van der Waals surface area contributed by atoms with E-state index in [1.165, 1.54) is 12.1 Å². The van der Waals surface area contributed by atoms with E-state index in [9.17, 15) is 9.18 Å². The normalized spacial score (nSPS) is 11.0. The van der Waals surface area contributed by atoms with Crippen LogP contribution in [-0.2, 0) is 0 Å². The van der Waals surface area contributed by atoms with Gasteiger partial charge in [-0.1, -0.05) is 0 Å². The molecule has 6 nitrogen and oxygen atoms in total. The molecule has 1 aromatic heterocycles. The standard InChI is InChI=1S/C14H14FIN5OP/c1-6-7(2)20-14(18)12(19-6)13(22)8-3-4-10(15)11(21-23-16)9(8)5-17/h3-5,17,21,23H,1-2H3,(H2,18,20). The van der Waals surface area contributed by atoms with Crippen LogP contribution in [0.1, 0.15) is 33.0 Å². The van der Waals surface area contributed by atoms with Crippen molar-refractivity contribution in [2.75, 3.05) is 10.8 Å². The van der Waals surface area contributed by atoms with Gasteiger partial charge in [-0.25, -0.2) is 14.4 Å². The van der Waals surface area contributed by atoms with Crippen molar-refractivity contribution in [2.24, 2.45) is 0 Å². The van der Waals surface area contributed by atoms with Gasteiger partial charge in [-0.3, -0.25) is 4.79 Å². The number of nitrogens with zero attached hydrogens (tertiary/aromatic N) is 2. The zero-order valence-electron chi connectivity index (χ0n) is 12.4. The predicted octanol–water partition coefficient (Wildman–Crippen LogP) is 3.40. The van der Waals surface area contributed by atoms with Crippen molar-refractivity contribution < 1.29 is 9.18 Å². The molecule has 0 saturated carbocycles. The molecule has 1 unspecified atom stereocenters. The van der Waals surface area contributed by atoms with Gasteiger partial charge in [-0.15, -0.1) is 0 Å². The topological polar surface area (TPSA) is 105 Å². The number of aromatic nitrogens is 2. The summed E-state index contributed by atoms with van der Waals surface area (Å²) in [6.07, 6.45) is 1.14. The summed E-state index contributed by atoms with van der Waals surface area (Å²) < 4.78 is 13.9. The smallest absolute Gasteiger partial charge is 0.215 e. The van der Waals surface area contributed by atoms with Crippen LogP contribution in [0.3, 0.4) is 0 Å². The molecule has 0 fully saturated rings. The van der Waals surface area contributed by atoms with E-state index in [2.05, 4.69) is 15.1 Å². The second-order valence-electron chi connectivity index (χ2n) is 4.70. The molecule has 2 aromatic rings. The Balaban J connectivity index is 2.62. The summed E-state index contributed by atoms with van der Waals surface area (Å²) in [5, 5.41) is 10.4. The molecule has 4 N–H and O–H groups in total. The summed E-state index contributed by atoms with van der Waals surface area (Å²) in [5.41, 5.74) is 7.48. The van der Waals surface area contributed by atoms with Crippen molar-refractivity contribution in [3.05, 3.63) is 46.2 Å². The van der Waals surface area contributed by atoms with Crippen molar-refractivity contribution in [2.45, 2.75) is 13.8 Å². The third kappa shape index (κ3) is 3.48. The molecular weight excluding hydrogens is 431 g/mol. The summed E-state index contributed by atoms with van der Waals surface area (Å²) in [5.74, 6) is -0.997. The maximum atomic E-state index is 13.9. The largest absolute Gasteiger partial charge is 0.382 e. The lowest BCUT2D eigenvalue weighted by atomic mass is 10.00. The molecule has 1 atom stereocenters. The monoisotopic (exact) mass is 445 g/mol. The maximum Gasteiger partial charge on any atom is 0.215 e. The molecule has 1 aromatic carbocycles. The lowest BCUT2D eigenvalue weighted by molar-refractivity contribution is 0.103. The van der Waals surface area contributed by atoms with Gasteiger partial charge in [0.2, 0.25) is 5.78 Å². The zero-order chi connectivity index (χ0) is 17.1. The van der Waals surface area contributed by atoms with Gasteiger partial charge in [0.15, 0.2) is 11.5 Å². The van der Waals surface area contributed by atoms with E-state index in [1.807, 2.05) is 22.0 Å². The number of nitrogens with one attached hydrogen (secondary N) is 2. The highest BCUT2D eigenvalue weighted by Crippen LogP contribution is 2.31. The molecule has 0 radical (unpaired) electrons. The molecule has 0 aliphatic heterocycles. The second-order valence-corrected chi connectivity index (χ2v) is 6.76. The summed E-state index contributed by atoms with van der Waals surface area (Å²) in [4.78, 5) is 21.0. The van der Waals surface area contributed by atoms with Crippen LogP contribution >= 0.6 is 28.4 Å². The van der Waals surface area contributed by atoms with Gasteiger partial charge in [0.25, 0.3) is 0 Å². The van der Waals surface area contributed by atoms with Gasteiger partial charge in [-0.05, 0) is 48.0 Å². The predicted molar refractivity (Wildman–Crippen MR) is 99.6 cm³/mol. The Morgan fingerprint density at radius 3 is 2.65 bits per heavy atom. The van der Waals surface area contributed by atoms with Crippen LogP contribution in [0.25, 0.3) is 0 Å². The highest BCUT2D eigenvalue weighted by Gasteiger charge is 2.22. The third-order valence-electron chi connectivity index (χ3n) is 3.30. The van der Waals surface area contributed by atoms with Gasteiger partial charge in [0.05, 0.1) is 17.1 Å². The molecule has 0 aliphatic carbocycles. The quantitative estimate of drug-likeness (QED) is 0.283.